The predicted octanol–water partition coefficient (Wildman–Crippen LogP) is 1.68. The van der Waals surface area contributed by atoms with E-state index in [0.29, 0.717) is 18.5 Å². The molecule has 0 fully saturated rings. The highest BCUT2D eigenvalue weighted by molar-refractivity contribution is 5.90. The third-order valence-corrected chi connectivity index (χ3v) is 2.57. The Bertz CT molecular complexity index is 438. The molecular weight excluding hydrogens is 239 g/mol. The highest BCUT2D eigenvalue weighted by atomic mass is 19.1. The molecule has 0 radical (unpaired) electrons. The van der Waals surface area contributed by atoms with Gasteiger partial charge in [0.15, 0.2) is 0 Å². The zero-order chi connectivity index (χ0) is 13.7. The molecule has 0 aliphatic carbocycles. The third kappa shape index (κ3) is 3.59. The zero-order valence-corrected chi connectivity index (χ0v) is 10.1. The molecule has 0 amide bonds. The third-order valence-electron chi connectivity index (χ3n) is 2.57. The van der Waals surface area contributed by atoms with Crippen molar-refractivity contribution in [2.75, 3.05) is 17.7 Å². The zero-order valence-electron chi connectivity index (χ0n) is 10.1. The highest BCUT2D eigenvalue weighted by Gasteiger charge is 2.14. The number of benzene rings is 1. The summed E-state index contributed by atoms with van der Waals surface area (Å²) in [6.07, 6.45) is 1.34. The van der Waals surface area contributed by atoms with Gasteiger partial charge in [-0.15, -0.1) is 0 Å². The van der Waals surface area contributed by atoms with E-state index < -0.39 is 17.3 Å². The van der Waals surface area contributed by atoms with Gasteiger partial charge in [-0.3, -0.25) is 0 Å². The smallest absolute Gasteiger partial charge is 0.338 e. The molecule has 0 bridgehead atoms. The van der Waals surface area contributed by atoms with Gasteiger partial charge in [-0.2, -0.15) is 0 Å². The van der Waals surface area contributed by atoms with Gasteiger partial charge < -0.3 is 21.3 Å². The minimum Gasteiger partial charge on any atom is -0.478 e. The van der Waals surface area contributed by atoms with Crippen molar-refractivity contribution in [3.8, 4) is 0 Å². The van der Waals surface area contributed by atoms with Crippen LogP contribution in [0, 0.1) is 5.82 Å². The standard InChI is InChI=1S/C12H17FN2O3/c1-7(3-2-4-16)15-11-6-9(13)8(12(17)18)5-10(11)14/h5-7,15-16H,2-4,14H2,1H3,(H,17,18). The molecule has 100 valence electrons. The first-order valence-electron chi connectivity index (χ1n) is 5.65. The van der Waals surface area contributed by atoms with Gasteiger partial charge in [-0.1, -0.05) is 0 Å². The molecule has 1 aromatic carbocycles. The number of carbonyl (C=O) groups is 1. The summed E-state index contributed by atoms with van der Waals surface area (Å²) < 4.78 is 13.5. The Morgan fingerprint density at radius 1 is 1.56 bits per heavy atom. The molecule has 6 heteroatoms. The maximum Gasteiger partial charge on any atom is 0.338 e. The van der Waals surface area contributed by atoms with Crippen LogP contribution in [0.15, 0.2) is 12.1 Å². The van der Waals surface area contributed by atoms with Crippen molar-refractivity contribution in [3.05, 3.63) is 23.5 Å². The molecule has 0 aliphatic heterocycles. The Morgan fingerprint density at radius 3 is 2.78 bits per heavy atom. The van der Waals surface area contributed by atoms with E-state index in [0.717, 1.165) is 12.1 Å². The molecule has 18 heavy (non-hydrogen) atoms. The number of nitrogens with two attached hydrogens (primary N) is 1. The van der Waals surface area contributed by atoms with E-state index in [1.54, 1.807) is 0 Å². The van der Waals surface area contributed by atoms with Crippen LogP contribution in [0.3, 0.4) is 0 Å². The van der Waals surface area contributed by atoms with Gasteiger partial charge in [0.1, 0.15) is 5.82 Å². The van der Waals surface area contributed by atoms with Crippen molar-refractivity contribution in [2.45, 2.75) is 25.8 Å². The van der Waals surface area contributed by atoms with Gasteiger partial charge in [-0.05, 0) is 31.9 Å². The fourth-order valence-corrected chi connectivity index (χ4v) is 1.61. The second kappa shape index (κ2) is 6.20. The molecule has 0 saturated heterocycles. The van der Waals surface area contributed by atoms with Crippen molar-refractivity contribution in [1.82, 2.24) is 0 Å². The van der Waals surface area contributed by atoms with Crippen LogP contribution < -0.4 is 11.1 Å². The van der Waals surface area contributed by atoms with Crippen LogP contribution in [0.1, 0.15) is 30.1 Å². The summed E-state index contributed by atoms with van der Waals surface area (Å²) in [7, 11) is 0. The molecule has 1 atom stereocenters. The van der Waals surface area contributed by atoms with Crippen LogP contribution in [0.2, 0.25) is 0 Å². The number of nitrogens with one attached hydrogen (secondary N) is 1. The number of rotatable bonds is 6. The van der Waals surface area contributed by atoms with Gasteiger partial charge in [0.25, 0.3) is 0 Å². The number of aliphatic hydroxyl groups excluding tert-OH is 1. The molecule has 0 saturated carbocycles. The SMILES string of the molecule is CC(CCCO)Nc1cc(F)c(C(=O)O)cc1N. The van der Waals surface area contributed by atoms with E-state index in [9.17, 15) is 9.18 Å². The normalized spacial score (nSPS) is 12.2. The number of halogens is 1. The number of aliphatic hydroxyl groups is 1. The van der Waals surface area contributed by atoms with Crippen molar-refractivity contribution < 1.29 is 19.4 Å². The number of nitrogen functional groups attached to an aromatic ring is 1. The molecule has 1 unspecified atom stereocenters. The van der Waals surface area contributed by atoms with Crippen LogP contribution >= 0.6 is 0 Å². The van der Waals surface area contributed by atoms with E-state index in [1.165, 1.54) is 0 Å². The summed E-state index contributed by atoms with van der Waals surface area (Å²) in [6, 6.07) is 2.18. The first-order chi connectivity index (χ1) is 8.45. The lowest BCUT2D eigenvalue weighted by atomic mass is 10.1. The van der Waals surface area contributed by atoms with E-state index in [2.05, 4.69) is 5.32 Å². The molecular formula is C12H17FN2O3. The monoisotopic (exact) mass is 256 g/mol. The summed E-state index contributed by atoms with van der Waals surface area (Å²) in [6.45, 7) is 1.96. The highest BCUT2D eigenvalue weighted by Crippen LogP contribution is 2.24. The number of anilines is 2. The Kier molecular flexibility index (Phi) is 4.91. The molecule has 1 rings (SSSR count). The average molecular weight is 256 g/mol. The van der Waals surface area contributed by atoms with Crippen LogP contribution in [0.4, 0.5) is 15.8 Å². The maximum atomic E-state index is 13.5. The van der Waals surface area contributed by atoms with Crippen molar-refractivity contribution in [3.63, 3.8) is 0 Å². The lowest BCUT2D eigenvalue weighted by molar-refractivity contribution is 0.0692. The molecule has 5 nitrogen and oxygen atoms in total. The minimum atomic E-state index is -1.35. The summed E-state index contributed by atoms with van der Waals surface area (Å²) in [4.78, 5) is 10.7. The topological polar surface area (TPSA) is 95.6 Å². The number of hydrogen-bond donors (Lipinski definition) is 4. The summed E-state index contributed by atoms with van der Waals surface area (Å²) >= 11 is 0. The van der Waals surface area contributed by atoms with Gasteiger partial charge >= 0.3 is 5.97 Å². The second-order valence-corrected chi connectivity index (χ2v) is 4.14. The van der Waals surface area contributed by atoms with E-state index in [1.807, 2.05) is 6.92 Å². The number of aromatic carboxylic acids is 1. The van der Waals surface area contributed by atoms with E-state index in [-0.39, 0.29) is 18.3 Å². The van der Waals surface area contributed by atoms with Gasteiger partial charge in [0, 0.05) is 12.6 Å². The lowest BCUT2D eigenvalue weighted by Crippen LogP contribution is -2.17. The molecule has 1 aromatic rings. The lowest BCUT2D eigenvalue weighted by Gasteiger charge is -2.17. The van der Waals surface area contributed by atoms with Crippen LogP contribution in [-0.4, -0.2) is 28.8 Å². The number of hydrogen-bond acceptors (Lipinski definition) is 4. The number of carboxylic acids is 1. The first-order valence-corrected chi connectivity index (χ1v) is 5.65. The summed E-state index contributed by atoms with van der Waals surface area (Å²) in [5.41, 5.74) is 5.77. The van der Waals surface area contributed by atoms with E-state index >= 15 is 0 Å². The van der Waals surface area contributed by atoms with E-state index in [4.69, 9.17) is 15.9 Å². The quantitative estimate of drug-likeness (QED) is 0.581. The minimum absolute atomic E-state index is 0.00882. The average Bonchev–Trinajstić information content (AvgIpc) is 2.30. The van der Waals surface area contributed by atoms with Crippen LogP contribution in [0.25, 0.3) is 0 Å². The predicted molar refractivity (Wildman–Crippen MR) is 67.2 cm³/mol. The summed E-state index contributed by atoms with van der Waals surface area (Å²) in [5.74, 6) is -2.17. The second-order valence-electron chi connectivity index (χ2n) is 4.14. The fourth-order valence-electron chi connectivity index (χ4n) is 1.61. The largest absolute Gasteiger partial charge is 0.478 e. The Hall–Kier alpha value is -1.82. The van der Waals surface area contributed by atoms with Crippen LogP contribution in [0.5, 0.6) is 0 Å². The van der Waals surface area contributed by atoms with Gasteiger partial charge in [0.2, 0.25) is 0 Å². The fraction of sp³-hybridized carbons (Fsp3) is 0.417. The molecule has 5 N–H and O–H groups in total. The Balaban J connectivity index is 2.84. The van der Waals surface area contributed by atoms with Gasteiger partial charge in [-0.25, -0.2) is 9.18 Å². The van der Waals surface area contributed by atoms with Crippen molar-refractivity contribution >= 4 is 17.3 Å². The summed E-state index contributed by atoms with van der Waals surface area (Å²) in [5, 5.41) is 20.4. The molecule has 0 aliphatic rings. The van der Waals surface area contributed by atoms with Crippen molar-refractivity contribution in [1.29, 1.82) is 0 Å². The molecule has 0 aromatic heterocycles. The number of carboxylic acid groups (broad SMARTS) is 1. The van der Waals surface area contributed by atoms with Gasteiger partial charge in [0.05, 0.1) is 16.9 Å². The molecule has 0 spiro atoms. The van der Waals surface area contributed by atoms with Crippen LogP contribution in [-0.2, 0) is 0 Å². The Morgan fingerprint density at radius 2 is 2.22 bits per heavy atom. The molecule has 0 heterocycles. The first kappa shape index (κ1) is 14.2. The maximum absolute atomic E-state index is 13.5. The Labute approximate surface area is 104 Å². The van der Waals surface area contributed by atoms with Crippen molar-refractivity contribution in [2.24, 2.45) is 0 Å².